The summed E-state index contributed by atoms with van der Waals surface area (Å²) in [5.74, 6) is -0.463. The van der Waals surface area contributed by atoms with E-state index in [1.165, 1.54) is 24.3 Å². The minimum atomic E-state index is -3.93. The first-order valence-corrected chi connectivity index (χ1v) is 12.6. The molecule has 0 radical (unpaired) electrons. The van der Waals surface area contributed by atoms with Crippen LogP contribution in [0.5, 0.6) is 0 Å². The number of hydrogen-bond donors (Lipinski definition) is 3. The Hall–Kier alpha value is -2.59. The molecule has 8 nitrogen and oxygen atoms in total. The van der Waals surface area contributed by atoms with Gasteiger partial charge in [-0.2, -0.15) is 0 Å². The second-order valence-corrected chi connectivity index (χ2v) is 11.6. The third kappa shape index (κ3) is 6.96. The molecule has 12 heteroatoms. The van der Waals surface area contributed by atoms with Crippen LogP contribution in [0.3, 0.4) is 0 Å². The van der Waals surface area contributed by atoms with Gasteiger partial charge in [0.2, 0.25) is 9.74 Å². The summed E-state index contributed by atoms with van der Waals surface area (Å²) in [6.45, 7) is 5.39. The molecule has 3 rings (SSSR count). The monoisotopic (exact) mass is 541 g/mol. The fourth-order valence-electron chi connectivity index (χ4n) is 2.97. The second kappa shape index (κ2) is 10.4. The Kier molecular flexibility index (Phi) is 7.92. The third-order valence-electron chi connectivity index (χ3n) is 4.60. The quantitative estimate of drug-likeness (QED) is 0.294. The zero-order valence-corrected chi connectivity index (χ0v) is 21.5. The summed E-state index contributed by atoms with van der Waals surface area (Å²) in [5, 5.41) is 5.54. The van der Waals surface area contributed by atoms with Gasteiger partial charge in [-0.05, 0) is 63.2 Å². The van der Waals surface area contributed by atoms with Crippen LogP contribution in [0.4, 0.5) is 11.6 Å². The number of carbonyl (C=O) groups is 1. The molecule has 1 atom stereocenters. The van der Waals surface area contributed by atoms with E-state index in [2.05, 4.69) is 25.3 Å². The van der Waals surface area contributed by atoms with Gasteiger partial charge in [0.25, 0.3) is 15.9 Å². The van der Waals surface area contributed by atoms with Crippen LogP contribution in [-0.4, -0.2) is 34.3 Å². The first-order chi connectivity index (χ1) is 15.8. The van der Waals surface area contributed by atoms with Gasteiger partial charge in [-0.3, -0.25) is 4.79 Å². The van der Waals surface area contributed by atoms with Crippen LogP contribution in [0, 0.1) is 20.8 Å². The van der Waals surface area contributed by atoms with E-state index in [1.807, 2.05) is 6.92 Å². The number of halogens is 3. The van der Waals surface area contributed by atoms with Gasteiger partial charge in [0.15, 0.2) is 0 Å². The Labute approximate surface area is 213 Å². The molecule has 0 aliphatic rings. The lowest BCUT2D eigenvalue weighted by molar-refractivity contribution is 0.0942. The Bertz CT molecular complexity index is 1260. The molecular weight excluding hydrogens is 521 g/mol. The average Bonchev–Trinajstić information content (AvgIpc) is 2.72. The smallest absolute Gasteiger partial charge is 0.264 e. The fourth-order valence-corrected chi connectivity index (χ4v) is 4.24. The molecule has 0 aliphatic heterocycles. The van der Waals surface area contributed by atoms with Crippen molar-refractivity contribution in [1.82, 2.24) is 15.3 Å². The second-order valence-electron chi connectivity index (χ2n) is 7.56. The van der Waals surface area contributed by atoms with Gasteiger partial charge in [-0.15, -0.1) is 0 Å². The van der Waals surface area contributed by atoms with Crippen molar-refractivity contribution < 1.29 is 13.2 Å². The maximum absolute atomic E-state index is 12.7. The average molecular weight is 543 g/mol. The molecule has 180 valence electrons. The number of aromatic nitrogens is 2. The van der Waals surface area contributed by atoms with Gasteiger partial charge in [-0.25, -0.2) is 23.1 Å². The molecule has 34 heavy (non-hydrogen) atoms. The number of rotatable bonds is 7. The maximum atomic E-state index is 12.7. The van der Waals surface area contributed by atoms with Crippen LogP contribution < -0.4 is 15.4 Å². The fraction of sp³-hybridized carbons (Fsp3) is 0.227. The number of sulfonamides is 1. The Morgan fingerprint density at radius 2 is 1.47 bits per heavy atom. The number of alkyl halides is 3. The molecular formula is C22H22Cl3N5O3S. The molecule has 2 aromatic carbocycles. The number of amides is 1. The van der Waals surface area contributed by atoms with Crippen molar-refractivity contribution in [2.24, 2.45) is 0 Å². The summed E-state index contributed by atoms with van der Waals surface area (Å²) in [6, 6.07) is 14.3. The van der Waals surface area contributed by atoms with Crippen molar-refractivity contribution in [2.45, 2.75) is 35.6 Å². The van der Waals surface area contributed by atoms with Gasteiger partial charge in [0.1, 0.15) is 6.17 Å². The zero-order valence-electron chi connectivity index (χ0n) is 18.4. The predicted molar refractivity (Wildman–Crippen MR) is 135 cm³/mol. The normalized spacial score (nSPS) is 12.6. The zero-order chi connectivity index (χ0) is 25.1. The standard InChI is InChI=1S/C22H22Cl3N5O3S/c1-13-4-6-16(7-5-13)19(31)29-20(22(23,24)25)28-17-8-10-18(11-9-17)34(32,33)30-21-26-14(2)12-15(3)27-21/h4-12,20,28H,1-3H3,(H,29,31)(H,26,27,30)/t20-/m0/s1. The van der Waals surface area contributed by atoms with Gasteiger partial charge in [-0.1, -0.05) is 52.5 Å². The van der Waals surface area contributed by atoms with Crippen LogP contribution in [0.1, 0.15) is 27.3 Å². The first kappa shape index (κ1) is 26.0. The summed E-state index contributed by atoms with van der Waals surface area (Å²) in [5.41, 5.74) is 3.08. The Morgan fingerprint density at radius 3 is 2.00 bits per heavy atom. The summed E-state index contributed by atoms with van der Waals surface area (Å²) in [6.07, 6.45) is -1.10. The molecule has 0 spiro atoms. The minimum Gasteiger partial charge on any atom is -0.362 e. The van der Waals surface area contributed by atoms with E-state index in [9.17, 15) is 13.2 Å². The highest BCUT2D eigenvalue weighted by molar-refractivity contribution is 7.92. The van der Waals surface area contributed by atoms with Crippen LogP contribution in [0.15, 0.2) is 59.5 Å². The number of anilines is 2. The molecule has 0 aliphatic carbocycles. The first-order valence-electron chi connectivity index (χ1n) is 9.99. The molecule has 1 amide bonds. The van der Waals surface area contributed by atoms with E-state index in [0.717, 1.165) is 5.56 Å². The molecule has 0 saturated carbocycles. The number of carbonyl (C=O) groups excluding carboxylic acids is 1. The summed E-state index contributed by atoms with van der Waals surface area (Å²) >= 11 is 18.2. The van der Waals surface area contributed by atoms with Crippen LogP contribution in [0.25, 0.3) is 0 Å². The maximum Gasteiger partial charge on any atom is 0.264 e. The van der Waals surface area contributed by atoms with Crippen molar-refractivity contribution in [3.63, 3.8) is 0 Å². The third-order valence-corrected chi connectivity index (χ3v) is 6.60. The van der Waals surface area contributed by atoms with Gasteiger partial charge in [0, 0.05) is 22.6 Å². The number of hydrogen-bond acceptors (Lipinski definition) is 6. The van der Waals surface area contributed by atoms with E-state index in [-0.39, 0.29) is 10.8 Å². The van der Waals surface area contributed by atoms with Crippen molar-refractivity contribution >= 4 is 62.4 Å². The van der Waals surface area contributed by atoms with E-state index in [1.54, 1.807) is 44.2 Å². The van der Waals surface area contributed by atoms with E-state index < -0.39 is 25.9 Å². The Balaban J connectivity index is 1.74. The van der Waals surface area contributed by atoms with Gasteiger partial charge < -0.3 is 10.6 Å². The summed E-state index contributed by atoms with van der Waals surface area (Å²) in [7, 11) is -3.93. The van der Waals surface area contributed by atoms with Crippen molar-refractivity contribution in [3.05, 3.63) is 77.1 Å². The highest BCUT2D eigenvalue weighted by Crippen LogP contribution is 2.31. The molecule has 0 fully saturated rings. The van der Waals surface area contributed by atoms with Crippen LogP contribution in [0.2, 0.25) is 0 Å². The van der Waals surface area contributed by atoms with Crippen LogP contribution in [-0.2, 0) is 10.0 Å². The number of aryl methyl sites for hydroxylation is 3. The van der Waals surface area contributed by atoms with Gasteiger partial charge >= 0.3 is 0 Å². The SMILES string of the molecule is Cc1ccc(C(=O)N[C@H](Nc2ccc(S(=O)(=O)Nc3nc(C)cc(C)n3)cc2)C(Cl)(Cl)Cl)cc1. The lowest BCUT2D eigenvalue weighted by atomic mass is 10.1. The van der Waals surface area contributed by atoms with Gasteiger partial charge in [0.05, 0.1) is 4.90 Å². The largest absolute Gasteiger partial charge is 0.362 e. The topological polar surface area (TPSA) is 113 Å². The Morgan fingerprint density at radius 1 is 0.912 bits per heavy atom. The molecule has 1 heterocycles. The molecule has 0 saturated heterocycles. The van der Waals surface area contributed by atoms with Crippen molar-refractivity contribution in [2.75, 3.05) is 10.0 Å². The van der Waals surface area contributed by atoms with Crippen molar-refractivity contribution in [1.29, 1.82) is 0 Å². The lowest BCUT2D eigenvalue weighted by Crippen LogP contribution is -2.49. The number of benzene rings is 2. The molecule has 1 aromatic heterocycles. The van der Waals surface area contributed by atoms with E-state index in [0.29, 0.717) is 22.6 Å². The molecule has 0 unspecified atom stereocenters. The van der Waals surface area contributed by atoms with E-state index in [4.69, 9.17) is 34.8 Å². The summed E-state index contributed by atoms with van der Waals surface area (Å²) < 4.78 is 25.9. The lowest BCUT2D eigenvalue weighted by Gasteiger charge is -2.27. The van der Waals surface area contributed by atoms with Crippen LogP contribution >= 0.6 is 34.8 Å². The molecule has 3 aromatic rings. The molecule has 3 N–H and O–H groups in total. The number of nitrogens with zero attached hydrogens (tertiary/aromatic N) is 2. The van der Waals surface area contributed by atoms with E-state index >= 15 is 0 Å². The predicted octanol–water partition coefficient (Wildman–Crippen LogP) is 4.74. The minimum absolute atomic E-state index is 0.0186. The summed E-state index contributed by atoms with van der Waals surface area (Å²) in [4.78, 5) is 20.7. The highest BCUT2D eigenvalue weighted by Gasteiger charge is 2.34. The molecule has 0 bridgehead atoms. The highest BCUT2D eigenvalue weighted by atomic mass is 35.6. The number of nitrogens with one attached hydrogen (secondary N) is 3. The van der Waals surface area contributed by atoms with Crippen molar-refractivity contribution in [3.8, 4) is 0 Å².